The van der Waals surface area contributed by atoms with Gasteiger partial charge in [-0.05, 0) is 47.7 Å². The minimum Gasteiger partial charge on any atom is -0.493 e. The van der Waals surface area contributed by atoms with Crippen molar-refractivity contribution in [3.05, 3.63) is 59.7 Å². The molecule has 0 radical (unpaired) electrons. The summed E-state index contributed by atoms with van der Waals surface area (Å²) >= 11 is 0. The van der Waals surface area contributed by atoms with Crippen LogP contribution in [0.4, 0.5) is 0 Å². The van der Waals surface area contributed by atoms with E-state index in [1.807, 2.05) is 36.2 Å². The maximum atomic E-state index is 12.6. The maximum Gasteiger partial charge on any atom is 0.330 e. The number of carbonyl (C=O) groups excluding carboxylic acids is 2. The molecule has 2 rings (SSSR count). The Morgan fingerprint density at radius 3 is 2.46 bits per heavy atom. The third-order valence-corrected chi connectivity index (χ3v) is 5.95. The van der Waals surface area contributed by atoms with Gasteiger partial charge in [0.25, 0.3) is 0 Å². The van der Waals surface area contributed by atoms with E-state index in [0.29, 0.717) is 19.6 Å². The molecular formula is C30H41NO4. The molecule has 2 aromatic carbocycles. The minimum absolute atomic E-state index is 0.192. The SMILES string of the molecule is CCCCCCCC(=O)N(C)Cc1cccc(-c2ccc(/C=C/C(=O)OC)cc2OCCCC)c1. The van der Waals surface area contributed by atoms with E-state index in [1.165, 1.54) is 32.4 Å². The van der Waals surface area contributed by atoms with Crippen molar-refractivity contribution in [1.29, 1.82) is 0 Å². The van der Waals surface area contributed by atoms with Crippen LogP contribution in [0.3, 0.4) is 0 Å². The highest BCUT2D eigenvalue weighted by atomic mass is 16.5. The molecule has 2 aromatic rings. The quantitative estimate of drug-likeness (QED) is 0.156. The molecule has 35 heavy (non-hydrogen) atoms. The fraction of sp³-hybridized carbons (Fsp3) is 0.467. The normalized spacial score (nSPS) is 11.0. The number of benzene rings is 2. The van der Waals surface area contributed by atoms with Crippen LogP contribution in [0.5, 0.6) is 5.75 Å². The summed E-state index contributed by atoms with van der Waals surface area (Å²) in [4.78, 5) is 25.9. The van der Waals surface area contributed by atoms with Crippen LogP contribution < -0.4 is 4.74 Å². The molecule has 5 nitrogen and oxygen atoms in total. The molecule has 0 bridgehead atoms. The molecule has 0 aliphatic heterocycles. The average molecular weight is 480 g/mol. The summed E-state index contributed by atoms with van der Waals surface area (Å²) in [6.45, 7) is 5.53. The Bertz CT molecular complexity index is 967. The number of unbranched alkanes of at least 4 members (excludes halogenated alkanes) is 5. The lowest BCUT2D eigenvalue weighted by atomic mass is 10.00. The molecule has 5 heteroatoms. The van der Waals surface area contributed by atoms with Crippen LogP contribution in [0.2, 0.25) is 0 Å². The maximum absolute atomic E-state index is 12.6. The van der Waals surface area contributed by atoms with Crippen LogP contribution in [0.25, 0.3) is 17.2 Å². The van der Waals surface area contributed by atoms with Gasteiger partial charge >= 0.3 is 5.97 Å². The molecule has 0 aliphatic rings. The number of esters is 1. The minimum atomic E-state index is -0.394. The molecule has 1 amide bonds. The molecule has 0 aromatic heterocycles. The van der Waals surface area contributed by atoms with Crippen LogP contribution in [-0.4, -0.2) is 37.5 Å². The second-order valence-electron chi connectivity index (χ2n) is 8.93. The third kappa shape index (κ3) is 9.97. The van der Waals surface area contributed by atoms with Gasteiger partial charge in [-0.3, -0.25) is 4.79 Å². The summed E-state index contributed by atoms with van der Waals surface area (Å²) in [5.41, 5.74) is 3.98. The summed E-state index contributed by atoms with van der Waals surface area (Å²) in [5, 5.41) is 0. The molecular weight excluding hydrogens is 438 g/mol. The second kappa shape index (κ2) is 15.8. The Balaban J connectivity index is 2.15. The fourth-order valence-corrected chi connectivity index (χ4v) is 3.83. The summed E-state index contributed by atoms with van der Waals surface area (Å²) in [6.07, 6.45) is 11.5. The summed E-state index contributed by atoms with van der Waals surface area (Å²) < 4.78 is 10.8. The molecule has 0 unspecified atom stereocenters. The first kappa shape index (κ1) is 28.2. The largest absolute Gasteiger partial charge is 0.493 e. The number of amides is 1. The van der Waals surface area contributed by atoms with Crippen LogP contribution in [-0.2, 0) is 20.9 Å². The summed E-state index contributed by atoms with van der Waals surface area (Å²) in [7, 11) is 3.24. The van der Waals surface area contributed by atoms with Crippen molar-refractivity contribution < 1.29 is 19.1 Å². The zero-order valence-electron chi connectivity index (χ0n) is 21.8. The van der Waals surface area contributed by atoms with E-state index in [2.05, 4.69) is 36.8 Å². The van der Waals surface area contributed by atoms with Gasteiger partial charge in [0.05, 0.1) is 13.7 Å². The topological polar surface area (TPSA) is 55.8 Å². The van der Waals surface area contributed by atoms with Gasteiger partial charge in [-0.2, -0.15) is 0 Å². The molecule has 0 N–H and O–H groups in total. The van der Waals surface area contributed by atoms with Crippen molar-refractivity contribution in [2.24, 2.45) is 0 Å². The van der Waals surface area contributed by atoms with Gasteiger partial charge in [-0.1, -0.05) is 76.3 Å². The predicted molar refractivity (Wildman–Crippen MR) is 143 cm³/mol. The Labute approximate surface area is 211 Å². The fourth-order valence-electron chi connectivity index (χ4n) is 3.83. The molecule has 0 atom stereocenters. The van der Waals surface area contributed by atoms with Gasteiger partial charge in [0, 0.05) is 31.7 Å². The molecule has 0 heterocycles. The van der Waals surface area contributed by atoms with E-state index in [4.69, 9.17) is 4.74 Å². The first-order chi connectivity index (χ1) is 17.0. The molecule has 0 aliphatic carbocycles. The number of carbonyl (C=O) groups is 2. The Morgan fingerprint density at radius 2 is 1.71 bits per heavy atom. The first-order valence-corrected chi connectivity index (χ1v) is 12.8. The second-order valence-corrected chi connectivity index (χ2v) is 8.93. The van der Waals surface area contributed by atoms with Crippen molar-refractivity contribution >= 4 is 18.0 Å². The van der Waals surface area contributed by atoms with E-state index in [9.17, 15) is 9.59 Å². The predicted octanol–water partition coefficient (Wildman–Crippen LogP) is 7.04. The number of ether oxygens (including phenoxy) is 2. The first-order valence-electron chi connectivity index (χ1n) is 12.8. The average Bonchev–Trinajstić information content (AvgIpc) is 2.87. The van der Waals surface area contributed by atoms with E-state index < -0.39 is 5.97 Å². The van der Waals surface area contributed by atoms with E-state index in [1.54, 1.807) is 6.08 Å². The number of methoxy groups -OCH3 is 1. The monoisotopic (exact) mass is 479 g/mol. The van der Waals surface area contributed by atoms with Crippen LogP contribution in [0.15, 0.2) is 48.5 Å². The Hall–Kier alpha value is -3.08. The Kier molecular flexibility index (Phi) is 12.7. The zero-order chi connectivity index (χ0) is 25.5. The Morgan fingerprint density at radius 1 is 0.943 bits per heavy atom. The van der Waals surface area contributed by atoms with Gasteiger partial charge in [-0.15, -0.1) is 0 Å². The molecule has 190 valence electrons. The van der Waals surface area contributed by atoms with Crippen LogP contribution in [0, 0.1) is 0 Å². The van der Waals surface area contributed by atoms with Crippen LogP contribution in [0.1, 0.15) is 76.3 Å². The highest BCUT2D eigenvalue weighted by Crippen LogP contribution is 2.32. The van der Waals surface area contributed by atoms with Crippen molar-refractivity contribution in [1.82, 2.24) is 4.90 Å². The smallest absolute Gasteiger partial charge is 0.330 e. The number of rotatable bonds is 15. The van der Waals surface area contributed by atoms with Gasteiger partial charge in [-0.25, -0.2) is 4.79 Å². The summed E-state index contributed by atoms with van der Waals surface area (Å²) in [5.74, 6) is 0.575. The summed E-state index contributed by atoms with van der Waals surface area (Å²) in [6, 6.07) is 14.2. The standard InChI is InChI=1S/C30H41NO4/c1-5-7-9-10-11-15-29(32)31(3)23-25-13-12-14-26(21-25)27-18-16-24(17-19-30(33)34-4)22-28(27)35-20-8-6-2/h12-14,16-19,21-22H,5-11,15,20,23H2,1-4H3/b19-17+. The molecule has 0 fully saturated rings. The van der Waals surface area contributed by atoms with Crippen molar-refractivity contribution in [3.63, 3.8) is 0 Å². The van der Waals surface area contributed by atoms with Crippen molar-refractivity contribution in [3.8, 4) is 16.9 Å². The molecule has 0 saturated heterocycles. The van der Waals surface area contributed by atoms with E-state index in [0.717, 1.165) is 53.7 Å². The van der Waals surface area contributed by atoms with Crippen molar-refractivity contribution in [2.45, 2.75) is 71.8 Å². The lowest BCUT2D eigenvalue weighted by molar-refractivity contribution is -0.134. The number of nitrogens with zero attached hydrogens (tertiary/aromatic N) is 1. The van der Waals surface area contributed by atoms with Gasteiger partial charge in [0.15, 0.2) is 0 Å². The van der Waals surface area contributed by atoms with Crippen LogP contribution >= 0.6 is 0 Å². The van der Waals surface area contributed by atoms with E-state index in [-0.39, 0.29) is 5.91 Å². The highest BCUT2D eigenvalue weighted by molar-refractivity contribution is 5.87. The van der Waals surface area contributed by atoms with E-state index >= 15 is 0 Å². The van der Waals surface area contributed by atoms with Gasteiger partial charge in [0.1, 0.15) is 5.75 Å². The van der Waals surface area contributed by atoms with Gasteiger partial charge in [0.2, 0.25) is 5.91 Å². The number of hydrogen-bond acceptors (Lipinski definition) is 4. The number of hydrogen-bond donors (Lipinski definition) is 0. The zero-order valence-corrected chi connectivity index (χ0v) is 21.8. The lowest BCUT2D eigenvalue weighted by Crippen LogP contribution is -2.25. The lowest BCUT2D eigenvalue weighted by Gasteiger charge is -2.18. The molecule has 0 saturated carbocycles. The third-order valence-electron chi connectivity index (χ3n) is 5.95. The molecule has 0 spiro atoms. The highest BCUT2D eigenvalue weighted by Gasteiger charge is 2.12. The van der Waals surface area contributed by atoms with Gasteiger partial charge < -0.3 is 14.4 Å². The van der Waals surface area contributed by atoms with Crippen molar-refractivity contribution in [2.75, 3.05) is 20.8 Å².